The number of allylic oxidation sites excluding steroid dienone is 4. The van der Waals surface area contributed by atoms with Gasteiger partial charge in [-0.3, -0.25) is 0 Å². The molecule has 1 aliphatic rings. The molecule has 3 rings (SSSR count). The quantitative estimate of drug-likeness (QED) is 0.748. The second kappa shape index (κ2) is 6.48. The fourth-order valence-electron chi connectivity index (χ4n) is 2.91. The lowest BCUT2D eigenvalue weighted by Gasteiger charge is -2.18. The first-order valence-electron chi connectivity index (χ1n) is 7.52. The van der Waals surface area contributed by atoms with Gasteiger partial charge in [0.25, 0.3) is 0 Å². The van der Waals surface area contributed by atoms with Crippen LogP contribution in [0.1, 0.15) is 17.0 Å². The van der Waals surface area contributed by atoms with Gasteiger partial charge in [0.05, 0.1) is 7.11 Å². The third kappa shape index (κ3) is 3.04. The Labute approximate surface area is 132 Å². The highest BCUT2D eigenvalue weighted by Crippen LogP contribution is 2.39. The highest BCUT2D eigenvalue weighted by molar-refractivity contribution is 5.52. The second-order valence-corrected chi connectivity index (χ2v) is 5.53. The van der Waals surface area contributed by atoms with Crippen molar-refractivity contribution in [3.63, 3.8) is 0 Å². The molecule has 1 heteroatoms. The SMILES string of the molecule is C=C1C=C[C@@H](/C=C/c2ccccc2)[C@@H]1c1ccc(OC)cc1. The van der Waals surface area contributed by atoms with Crippen molar-refractivity contribution in [2.75, 3.05) is 7.11 Å². The molecule has 0 aliphatic heterocycles. The van der Waals surface area contributed by atoms with Crippen molar-refractivity contribution >= 4 is 6.08 Å². The van der Waals surface area contributed by atoms with E-state index in [1.165, 1.54) is 11.1 Å². The van der Waals surface area contributed by atoms with E-state index in [2.05, 4.69) is 67.3 Å². The number of ether oxygens (including phenoxy) is 1. The molecule has 0 fully saturated rings. The molecule has 0 N–H and O–H groups in total. The zero-order chi connectivity index (χ0) is 15.4. The molecule has 2 atom stereocenters. The summed E-state index contributed by atoms with van der Waals surface area (Å²) < 4.78 is 5.24. The van der Waals surface area contributed by atoms with Crippen molar-refractivity contribution in [2.24, 2.45) is 5.92 Å². The first-order valence-corrected chi connectivity index (χ1v) is 7.52. The standard InChI is InChI=1S/C21H20O/c1-16-8-10-18(11-9-17-6-4-3-5-7-17)21(16)19-12-14-20(22-2)15-13-19/h3-15,18,21H,1H2,2H3/b11-9+/t18-,21+/m0/s1. The Morgan fingerprint density at radius 2 is 1.73 bits per heavy atom. The minimum absolute atomic E-state index is 0.311. The van der Waals surface area contributed by atoms with Gasteiger partial charge in [-0.15, -0.1) is 0 Å². The van der Waals surface area contributed by atoms with E-state index in [1.54, 1.807) is 7.11 Å². The Kier molecular flexibility index (Phi) is 4.24. The zero-order valence-corrected chi connectivity index (χ0v) is 12.8. The van der Waals surface area contributed by atoms with Crippen molar-refractivity contribution < 1.29 is 4.74 Å². The van der Waals surface area contributed by atoms with Gasteiger partial charge in [-0.25, -0.2) is 0 Å². The Bertz CT molecular complexity index is 692. The first kappa shape index (κ1) is 14.4. The topological polar surface area (TPSA) is 9.23 Å². The van der Waals surface area contributed by atoms with Crippen molar-refractivity contribution in [2.45, 2.75) is 5.92 Å². The van der Waals surface area contributed by atoms with Crippen LogP contribution in [-0.2, 0) is 0 Å². The summed E-state index contributed by atoms with van der Waals surface area (Å²) in [7, 11) is 1.69. The van der Waals surface area contributed by atoms with Gasteiger partial charge in [0.15, 0.2) is 0 Å². The average molecular weight is 288 g/mol. The van der Waals surface area contributed by atoms with Crippen LogP contribution in [0.4, 0.5) is 0 Å². The van der Waals surface area contributed by atoms with Crippen LogP contribution in [0.25, 0.3) is 6.08 Å². The van der Waals surface area contributed by atoms with Crippen LogP contribution in [0, 0.1) is 5.92 Å². The summed E-state index contributed by atoms with van der Waals surface area (Å²) in [6, 6.07) is 18.7. The van der Waals surface area contributed by atoms with Crippen LogP contribution >= 0.6 is 0 Å². The monoisotopic (exact) mass is 288 g/mol. The smallest absolute Gasteiger partial charge is 0.118 e. The summed E-state index contributed by atoms with van der Waals surface area (Å²) in [6.07, 6.45) is 8.81. The molecule has 0 saturated carbocycles. The molecule has 22 heavy (non-hydrogen) atoms. The van der Waals surface area contributed by atoms with Gasteiger partial charge in [-0.1, -0.05) is 73.3 Å². The van der Waals surface area contributed by atoms with E-state index < -0.39 is 0 Å². The summed E-state index contributed by atoms with van der Waals surface area (Å²) in [5.74, 6) is 1.55. The number of benzene rings is 2. The number of rotatable bonds is 4. The third-order valence-corrected chi connectivity index (χ3v) is 4.10. The van der Waals surface area contributed by atoms with Crippen molar-refractivity contribution in [1.82, 2.24) is 0 Å². The summed E-state index contributed by atoms with van der Waals surface area (Å²) in [5, 5.41) is 0. The minimum atomic E-state index is 0.311. The van der Waals surface area contributed by atoms with Crippen molar-refractivity contribution in [1.29, 1.82) is 0 Å². The lowest BCUT2D eigenvalue weighted by Crippen LogP contribution is -2.05. The molecule has 0 unspecified atom stereocenters. The van der Waals surface area contributed by atoms with Gasteiger partial charge in [0, 0.05) is 11.8 Å². The molecule has 1 aliphatic carbocycles. The zero-order valence-electron chi connectivity index (χ0n) is 12.8. The van der Waals surface area contributed by atoms with Crippen LogP contribution in [0.2, 0.25) is 0 Å². The maximum absolute atomic E-state index is 5.24. The Hall–Kier alpha value is -2.54. The van der Waals surface area contributed by atoms with Crippen molar-refractivity contribution in [3.8, 4) is 5.75 Å². The summed E-state index contributed by atoms with van der Waals surface area (Å²) in [4.78, 5) is 0. The maximum Gasteiger partial charge on any atom is 0.118 e. The highest BCUT2D eigenvalue weighted by atomic mass is 16.5. The van der Waals surface area contributed by atoms with Crippen LogP contribution in [0.15, 0.2) is 85.0 Å². The Morgan fingerprint density at radius 3 is 2.41 bits per heavy atom. The van der Waals surface area contributed by atoms with E-state index in [0.717, 1.165) is 11.3 Å². The normalized spacial score (nSPS) is 20.7. The molecule has 2 aromatic carbocycles. The van der Waals surface area contributed by atoms with E-state index in [0.29, 0.717) is 11.8 Å². The first-order chi connectivity index (χ1) is 10.8. The molecule has 0 spiro atoms. The molecular formula is C21H20O. The summed E-state index contributed by atoms with van der Waals surface area (Å²) in [5.41, 5.74) is 3.66. The molecule has 0 bridgehead atoms. The lowest BCUT2D eigenvalue weighted by molar-refractivity contribution is 0.414. The van der Waals surface area contributed by atoms with Crippen molar-refractivity contribution in [3.05, 3.63) is 96.1 Å². The third-order valence-electron chi connectivity index (χ3n) is 4.10. The van der Waals surface area contributed by atoms with Gasteiger partial charge in [-0.2, -0.15) is 0 Å². The molecule has 2 aromatic rings. The molecule has 0 saturated heterocycles. The van der Waals surface area contributed by atoms with Gasteiger partial charge < -0.3 is 4.74 Å². The highest BCUT2D eigenvalue weighted by Gasteiger charge is 2.25. The summed E-state index contributed by atoms with van der Waals surface area (Å²) in [6.45, 7) is 4.21. The van der Waals surface area contributed by atoms with Gasteiger partial charge in [-0.05, 0) is 28.8 Å². The summed E-state index contributed by atoms with van der Waals surface area (Å²) >= 11 is 0. The molecule has 110 valence electrons. The van der Waals surface area contributed by atoms with E-state index >= 15 is 0 Å². The lowest BCUT2D eigenvalue weighted by atomic mass is 9.85. The van der Waals surface area contributed by atoms with Gasteiger partial charge in [0.1, 0.15) is 5.75 Å². The average Bonchev–Trinajstić information content (AvgIpc) is 2.95. The number of hydrogen-bond donors (Lipinski definition) is 0. The molecule has 0 amide bonds. The molecule has 1 nitrogen and oxygen atoms in total. The van der Waals surface area contributed by atoms with E-state index in [4.69, 9.17) is 4.74 Å². The largest absolute Gasteiger partial charge is 0.497 e. The molecule has 0 radical (unpaired) electrons. The van der Waals surface area contributed by atoms with Crippen LogP contribution < -0.4 is 4.74 Å². The predicted molar refractivity (Wildman–Crippen MR) is 93.0 cm³/mol. The van der Waals surface area contributed by atoms with Crippen LogP contribution in [0.5, 0.6) is 5.75 Å². The van der Waals surface area contributed by atoms with E-state index in [1.807, 2.05) is 18.2 Å². The fourth-order valence-corrected chi connectivity index (χ4v) is 2.91. The fraction of sp³-hybridized carbons (Fsp3) is 0.143. The van der Waals surface area contributed by atoms with E-state index in [-0.39, 0.29) is 0 Å². The second-order valence-electron chi connectivity index (χ2n) is 5.53. The molecule has 0 heterocycles. The minimum Gasteiger partial charge on any atom is -0.497 e. The predicted octanol–water partition coefficient (Wildman–Crippen LogP) is 5.23. The van der Waals surface area contributed by atoms with E-state index in [9.17, 15) is 0 Å². The van der Waals surface area contributed by atoms with Crippen LogP contribution in [-0.4, -0.2) is 7.11 Å². The molecular weight excluding hydrogens is 268 g/mol. The Balaban J connectivity index is 1.82. The Morgan fingerprint density at radius 1 is 1.00 bits per heavy atom. The number of methoxy groups -OCH3 is 1. The van der Waals surface area contributed by atoms with Gasteiger partial charge in [0.2, 0.25) is 0 Å². The van der Waals surface area contributed by atoms with Crippen LogP contribution in [0.3, 0.4) is 0 Å². The number of hydrogen-bond acceptors (Lipinski definition) is 1. The maximum atomic E-state index is 5.24. The molecule has 0 aromatic heterocycles. The van der Waals surface area contributed by atoms with Gasteiger partial charge >= 0.3 is 0 Å².